The van der Waals surface area contributed by atoms with Crippen molar-refractivity contribution < 1.29 is 19.7 Å². The number of aliphatic hydroxyl groups is 2. The third-order valence-corrected chi connectivity index (χ3v) is 2.90. The molecule has 0 fully saturated rings. The van der Waals surface area contributed by atoms with Gasteiger partial charge in [-0.1, -0.05) is 18.2 Å². The number of benzene rings is 1. The lowest BCUT2D eigenvalue weighted by molar-refractivity contribution is 0.0236. The van der Waals surface area contributed by atoms with Crippen LogP contribution in [0.4, 0.5) is 0 Å². The smallest absolute Gasteiger partial charge is 0.338 e. The number of ether oxygens (including phenoxy) is 1. The number of hydrogen-bond donors (Lipinski definition) is 2. The Kier molecular flexibility index (Phi) is 7.86. The van der Waals surface area contributed by atoms with E-state index < -0.39 is 0 Å². The number of carbonyl (C=O) groups excluding carboxylic acids is 1. The highest BCUT2D eigenvalue weighted by atomic mass is 16.5. The second kappa shape index (κ2) is 9.53. The quantitative estimate of drug-likeness (QED) is 0.531. The highest BCUT2D eigenvalue weighted by molar-refractivity contribution is 5.89. The molecule has 0 saturated carbocycles. The molecule has 1 atom stereocenters. The van der Waals surface area contributed by atoms with Crippen LogP contribution in [0.15, 0.2) is 30.3 Å². The van der Waals surface area contributed by atoms with E-state index in [1.165, 1.54) is 0 Å². The average molecular weight is 266 g/mol. The summed E-state index contributed by atoms with van der Waals surface area (Å²) in [4.78, 5) is 11.9. The van der Waals surface area contributed by atoms with Crippen LogP contribution in [0.3, 0.4) is 0 Å². The Morgan fingerprint density at radius 3 is 2.26 bits per heavy atom. The molecule has 0 amide bonds. The molecule has 19 heavy (non-hydrogen) atoms. The summed E-state index contributed by atoms with van der Waals surface area (Å²) in [6.45, 7) is 0.249. The topological polar surface area (TPSA) is 66.8 Å². The Bertz CT molecular complexity index is 350. The molecule has 0 aromatic heterocycles. The Morgan fingerprint density at radius 1 is 1.00 bits per heavy atom. The van der Waals surface area contributed by atoms with Gasteiger partial charge in [0.2, 0.25) is 0 Å². The van der Waals surface area contributed by atoms with Crippen molar-refractivity contribution in [1.29, 1.82) is 0 Å². The van der Waals surface area contributed by atoms with E-state index in [1.54, 1.807) is 24.3 Å². The van der Waals surface area contributed by atoms with Crippen LogP contribution in [0.25, 0.3) is 0 Å². The lowest BCUT2D eigenvalue weighted by Crippen LogP contribution is -2.19. The van der Waals surface area contributed by atoms with Gasteiger partial charge in [0.25, 0.3) is 0 Å². The van der Waals surface area contributed by atoms with Gasteiger partial charge in [-0.05, 0) is 44.2 Å². The highest BCUT2D eigenvalue weighted by Gasteiger charge is 2.15. The molecular weight excluding hydrogens is 244 g/mol. The molecule has 1 rings (SSSR count). The summed E-state index contributed by atoms with van der Waals surface area (Å²) in [5.74, 6) is -0.326. The summed E-state index contributed by atoms with van der Waals surface area (Å²) < 4.78 is 5.45. The maximum atomic E-state index is 11.9. The monoisotopic (exact) mass is 266 g/mol. The van der Waals surface area contributed by atoms with E-state index in [0.29, 0.717) is 24.8 Å². The molecule has 0 bridgehead atoms. The first-order valence-corrected chi connectivity index (χ1v) is 6.75. The lowest BCUT2D eigenvalue weighted by atomic mass is 10.1. The Hall–Kier alpha value is -1.39. The van der Waals surface area contributed by atoms with E-state index in [0.717, 1.165) is 12.8 Å². The zero-order valence-electron chi connectivity index (χ0n) is 11.1. The molecule has 0 heterocycles. The Morgan fingerprint density at radius 2 is 1.63 bits per heavy atom. The summed E-state index contributed by atoms with van der Waals surface area (Å²) >= 11 is 0. The number of rotatable bonds is 9. The van der Waals surface area contributed by atoms with E-state index in [-0.39, 0.29) is 25.3 Å². The fourth-order valence-electron chi connectivity index (χ4n) is 1.86. The van der Waals surface area contributed by atoms with Crippen LogP contribution >= 0.6 is 0 Å². The molecule has 1 aromatic carbocycles. The predicted molar refractivity (Wildman–Crippen MR) is 72.9 cm³/mol. The summed E-state index contributed by atoms with van der Waals surface area (Å²) in [5.41, 5.74) is 0.540. The predicted octanol–water partition coefficient (Wildman–Crippen LogP) is 2.15. The molecular formula is C15H22O4. The van der Waals surface area contributed by atoms with E-state index in [4.69, 9.17) is 14.9 Å². The van der Waals surface area contributed by atoms with Crippen LogP contribution in [0.2, 0.25) is 0 Å². The minimum atomic E-state index is -0.326. The summed E-state index contributed by atoms with van der Waals surface area (Å²) in [6, 6.07) is 8.88. The van der Waals surface area contributed by atoms with E-state index >= 15 is 0 Å². The molecule has 1 unspecified atom stereocenters. The number of esters is 1. The molecule has 2 N–H and O–H groups in total. The molecule has 0 aliphatic rings. The van der Waals surface area contributed by atoms with Crippen molar-refractivity contribution in [3.8, 4) is 0 Å². The van der Waals surface area contributed by atoms with Crippen LogP contribution in [-0.2, 0) is 4.74 Å². The van der Waals surface area contributed by atoms with Gasteiger partial charge in [0, 0.05) is 13.2 Å². The minimum Gasteiger partial charge on any atom is -0.459 e. The van der Waals surface area contributed by atoms with Gasteiger partial charge in [-0.2, -0.15) is 0 Å². The van der Waals surface area contributed by atoms with Gasteiger partial charge in [0.05, 0.1) is 5.56 Å². The fourth-order valence-corrected chi connectivity index (χ4v) is 1.86. The van der Waals surface area contributed by atoms with Crippen molar-refractivity contribution in [2.24, 2.45) is 0 Å². The Labute approximate surface area is 114 Å². The van der Waals surface area contributed by atoms with E-state index in [2.05, 4.69) is 0 Å². The Balaban J connectivity index is 2.48. The van der Waals surface area contributed by atoms with Crippen molar-refractivity contribution >= 4 is 5.97 Å². The van der Waals surface area contributed by atoms with Gasteiger partial charge in [-0.3, -0.25) is 0 Å². The molecule has 0 aliphatic carbocycles. The van der Waals surface area contributed by atoms with Crippen molar-refractivity contribution in [2.45, 2.75) is 38.2 Å². The fraction of sp³-hybridized carbons (Fsp3) is 0.533. The van der Waals surface area contributed by atoms with Gasteiger partial charge in [-0.25, -0.2) is 4.79 Å². The van der Waals surface area contributed by atoms with Crippen molar-refractivity contribution in [1.82, 2.24) is 0 Å². The molecule has 0 spiro atoms. The molecule has 1 aromatic rings. The van der Waals surface area contributed by atoms with Gasteiger partial charge in [0.15, 0.2) is 0 Å². The van der Waals surface area contributed by atoms with Crippen molar-refractivity contribution in [2.75, 3.05) is 13.2 Å². The first-order chi connectivity index (χ1) is 9.27. The zero-order chi connectivity index (χ0) is 13.9. The second-order valence-corrected chi connectivity index (χ2v) is 4.48. The summed E-state index contributed by atoms with van der Waals surface area (Å²) in [6.07, 6.45) is 3.32. The molecule has 0 radical (unpaired) electrons. The van der Waals surface area contributed by atoms with Crippen molar-refractivity contribution in [3.05, 3.63) is 35.9 Å². The maximum Gasteiger partial charge on any atom is 0.338 e. The van der Waals surface area contributed by atoms with Gasteiger partial charge in [-0.15, -0.1) is 0 Å². The second-order valence-electron chi connectivity index (χ2n) is 4.48. The number of unbranched alkanes of at least 4 members (excludes halogenated alkanes) is 1. The number of hydrogen-bond acceptors (Lipinski definition) is 4. The largest absolute Gasteiger partial charge is 0.459 e. The van der Waals surface area contributed by atoms with E-state index in [9.17, 15) is 4.79 Å². The van der Waals surface area contributed by atoms with Gasteiger partial charge in [0.1, 0.15) is 6.10 Å². The average Bonchev–Trinajstić information content (AvgIpc) is 2.45. The van der Waals surface area contributed by atoms with E-state index in [1.807, 2.05) is 6.07 Å². The van der Waals surface area contributed by atoms with Crippen LogP contribution in [-0.4, -0.2) is 35.5 Å². The molecule has 4 nitrogen and oxygen atoms in total. The molecule has 0 aliphatic heterocycles. The first kappa shape index (κ1) is 15.7. The molecule has 106 valence electrons. The van der Waals surface area contributed by atoms with Crippen molar-refractivity contribution in [3.63, 3.8) is 0 Å². The first-order valence-electron chi connectivity index (χ1n) is 6.75. The third kappa shape index (κ3) is 6.36. The number of carbonyl (C=O) groups is 1. The molecule has 4 heteroatoms. The highest BCUT2D eigenvalue weighted by Crippen LogP contribution is 2.14. The van der Waals surface area contributed by atoms with Crippen LogP contribution in [0.1, 0.15) is 42.5 Å². The maximum absolute atomic E-state index is 11.9. The van der Waals surface area contributed by atoms with Gasteiger partial charge < -0.3 is 14.9 Å². The lowest BCUT2D eigenvalue weighted by Gasteiger charge is -2.17. The standard InChI is InChI=1S/C15H22O4/c16-11-5-4-9-14(10-6-12-17)19-15(18)13-7-2-1-3-8-13/h1-3,7-8,14,16-17H,4-6,9-12H2. The van der Waals surface area contributed by atoms with Crippen LogP contribution in [0.5, 0.6) is 0 Å². The van der Waals surface area contributed by atoms with Crippen LogP contribution in [0, 0.1) is 0 Å². The van der Waals surface area contributed by atoms with Gasteiger partial charge >= 0.3 is 5.97 Å². The molecule has 0 saturated heterocycles. The third-order valence-electron chi connectivity index (χ3n) is 2.90. The van der Waals surface area contributed by atoms with Crippen LogP contribution < -0.4 is 0 Å². The normalized spacial score (nSPS) is 12.1. The zero-order valence-corrected chi connectivity index (χ0v) is 11.1. The number of aliphatic hydroxyl groups excluding tert-OH is 2. The SMILES string of the molecule is O=C(OC(CCCO)CCCCO)c1ccccc1. The summed E-state index contributed by atoms with van der Waals surface area (Å²) in [5, 5.41) is 17.6. The minimum absolute atomic E-state index is 0.0966. The summed E-state index contributed by atoms with van der Waals surface area (Å²) in [7, 11) is 0.